The van der Waals surface area contributed by atoms with Crippen molar-refractivity contribution < 1.29 is 17.9 Å². The highest BCUT2D eigenvalue weighted by Crippen LogP contribution is 2.21. The summed E-state index contributed by atoms with van der Waals surface area (Å²) in [6.45, 7) is 1.14. The third-order valence-electron chi connectivity index (χ3n) is 4.09. The van der Waals surface area contributed by atoms with Crippen molar-refractivity contribution >= 4 is 32.7 Å². The van der Waals surface area contributed by atoms with Crippen LogP contribution < -0.4 is 9.47 Å². The smallest absolute Gasteiger partial charge is 0.214 e. The minimum atomic E-state index is -3.39. The molecule has 2 aromatic heterocycles. The number of hydrogen-bond acceptors (Lipinski definition) is 6. The zero-order chi connectivity index (χ0) is 19.8. The summed E-state index contributed by atoms with van der Waals surface area (Å²) in [5.41, 5.74) is 0. The number of methoxy groups -OCH3 is 1. The highest BCUT2D eigenvalue weighted by molar-refractivity contribution is 7.89. The zero-order valence-corrected chi connectivity index (χ0v) is 18.1. The Labute approximate surface area is 174 Å². The van der Waals surface area contributed by atoms with Crippen LogP contribution >= 0.6 is 22.7 Å². The maximum atomic E-state index is 12.9. The van der Waals surface area contributed by atoms with Crippen molar-refractivity contribution in [3.8, 4) is 11.5 Å². The number of sulfonamides is 1. The van der Waals surface area contributed by atoms with Crippen LogP contribution in [0.2, 0.25) is 0 Å². The highest BCUT2D eigenvalue weighted by Gasteiger charge is 2.23. The van der Waals surface area contributed by atoms with Gasteiger partial charge in [0.05, 0.1) is 19.5 Å². The van der Waals surface area contributed by atoms with Crippen LogP contribution in [0.15, 0.2) is 59.3 Å². The molecule has 0 amide bonds. The van der Waals surface area contributed by atoms with Gasteiger partial charge < -0.3 is 9.47 Å². The van der Waals surface area contributed by atoms with Crippen molar-refractivity contribution in [1.82, 2.24) is 4.31 Å². The van der Waals surface area contributed by atoms with Gasteiger partial charge in [-0.3, -0.25) is 0 Å². The Morgan fingerprint density at radius 2 is 1.46 bits per heavy atom. The van der Waals surface area contributed by atoms with E-state index >= 15 is 0 Å². The van der Waals surface area contributed by atoms with Gasteiger partial charge in [-0.1, -0.05) is 12.1 Å². The van der Waals surface area contributed by atoms with Crippen LogP contribution in [-0.2, 0) is 23.1 Å². The van der Waals surface area contributed by atoms with Crippen LogP contribution in [-0.4, -0.2) is 32.2 Å². The van der Waals surface area contributed by atoms with Gasteiger partial charge in [0.15, 0.2) is 0 Å². The predicted molar refractivity (Wildman–Crippen MR) is 115 cm³/mol. The fraction of sp³-hybridized carbons (Fsp3) is 0.300. The van der Waals surface area contributed by atoms with E-state index in [9.17, 15) is 8.42 Å². The summed E-state index contributed by atoms with van der Waals surface area (Å²) in [4.78, 5) is 2.07. The first-order valence-electron chi connectivity index (χ1n) is 8.86. The Morgan fingerprint density at radius 3 is 1.96 bits per heavy atom. The second-order valence-electron chi connectivity index (χ2n) is 6.12. The van der Waals surface area contributed by atoms with Gasteiger partial charge in [-0.15, -0.1) is 22.7 Å². The molecule has 0 N–H and O–H groups in total. The van der Waals surface area contributed by atoms with Crippen LogP contribution in [0.25, 0.3) is 0 Å². The van der Waals surface area contributed by atoms with Crippen LogP contribution in [0.1, 0.15) is 16.2 Å². The van der Waals surface area contributed by atoms with E-state index in [-0.39, 0.29) is 5.75 Å². The van der Waals surface area contributed by atoms with Gasteiger partial charge in [0.2, 0.25) is 10.0 Å². The summed E-state index contributed by atoms with van der Waals surface area (Å²) >= 11 is 3.14. The molecule has 2 heterocycles. The van der Waals surface area contributed by atoms with Gasteiger partial charge in [0.1, 0.15) is 11.5 Å². The molecule has 28 heavy (non-hydrogen) atoms. The molecule has 0 saturated heterocycles. The van der Waals surface area contributed by atoms with Gasteiger partial charge in [0, 0.05) is 22.8 Å². The van der Waals surface area contributed by atoms with Crippen LogP contribution in [0.3, 0.4) is 0 Å². The minimum absolute atomic E-state index is 0.0555. The second-order valence-corrected chi connectivity index (χ2v) is 10.3. The molecule has 0 radical (unpaired) electrons. The van der Waals surface area contributed by atoms with E-state index < -0.39 is 10.0 Å². The Bertz CT molecular complexity index is 884. The van der Waals surface area contributed by atoms with Gasteiger partial charge in [0.25, 0.3) is 0 Å². The van der Waals surface area contributed by atoms with Crippen LogP contribution in [0.4, 0.5) is 0 Å². The molecule has 150 valence electrons. The second kappa shape index (κ2) is 10.1. The first-order chi connectivity index (χ1) is 13.6. The SMILES string of the molecule is COc1ccc(OCCCS(=O)(=O)N(Cc2cccs2)Cc2cccs2)cc1. The average molecular weight is 438 g/mol. The van der Waals surface area contributed by atoms with Crippen molar-refractivity contribution in [1.29, 1.82) is 0 Å². The topological polar surface area (TPSA) is 55.8 Å². The summed E-state index contributed by atoms with van der Waals surface area (Å²) in [6.07, 6.45) is 0.430. The quantitative estimate of drug-likeness (QED) is 0.411. The first-order valence-corrected chi connectivity index (χ1v) is 12.2. The van der Waals surface area contributed by atoms with Crippen LogP contribution in [0, 0.1) is 0 Å². The number of benzene rings is 1. The third-order valence-corrected chi connectivity index (χ3v) is 7.66. The molecule has 3 rings (SSSR count). The monoisotopic (exact) mass is 437 g/mol. The Morgan fingerprint density at radius 1 is 0.893 bits per heavy atom. The highest BCUT2D eigenvalue weighted by atomic mass is 32.2. The van der Waals surface area contributed by atoms with Crippen molar-refractivity contribution in [2.75, 3.05) is 19.5 Å². The molecule has 0 fully saturated rings. The van der Waals surface area contributed by atoms with Crippen molar-refractivity contribution in [2.24, 2.45) is 0 Å². The van der Waals surface area contributed by atoms with E-state index in [0.717, 1.165) is 15.5 Å². The standard InChI is InChI=1S/C20H23NO4S3/c1-24-17-7-9-18(10-8-17)25-11-4-14-28(22,23)21(15-19-5-2-12-26-19)16-20-6-3-13-27-20/h2-3,5-10,12-13H,4,11,14-16H2,1H3. The summed E-state index contributed by atoms with van der Waals surface area (Å²) in [5, 5.41) is 3.93. The van der Waals surface area contributed by atoms with Crippen molar-refractivity contribution in [3.63, 3.8) is 0 Å². The molecule has 0 atom stereocenters. The average Bonchev–Trinajstić information content (AvgIpc) is 3.39. The molecule has 1 aromatic carbocycles. The molecule has 0 bridgehead atoms. The van der Waals surface area contributed by atoms with Crippen LogP contribution in [0.5, 0.6) is 11.5 Å². The molecule has 0 saturated carbocycles. The van der Waals surface area contributed by atoms with Crippen molar-refractivity contribution in [2.45, 2.75) is 19.5 Å². The summed E-state index contributed by atoms with van der Waals surface area (Å²) in [6, 6.07) is 15.1. The van der Waals surface area contributed by atoms with Gasteiger partial charge >= 0.3 is 0 Å². The van der Waals surface area contributed by atoms with E-state index in [1.54, 1.807) is 34.1 Å². The molecule has 0 spiro atoms. The van der Waals surface area contributed by atoms with Gasteiger partial charge in [-0.2, -0.15) is 4.31 Å². The Balaban J connectivity index is 1.56. The Hall–Kier alpha value is -1.87. The number of ether oxygens (including phenoxy) is 2. The summed E-state index contributed by atoms with van der Waals surface area (Å²) in [5.74, 6) is 1.51. The molecule has 0 aliphatic heterocycles. The Kier molecular flexibility index (Phi) is 7.50. The molecular formula is C20H23NO4S3. The lowest BCUT2D eigenvalue weighted by atomic mass is 10.3. The largest absolute Gasteiger partial charge is 0.497 e. The van der Waals surface area contributed by atoms with E-state index in [1.807, 2.05) is 59.3 Å². The molecule has 0 aliphatic carbocycles. The fourth-order valence-corrected chi connectivity index (χ4v) is 5.65. The fourth-order valence-electron chi connectivity index (χ4n) is 2.64. The van der Waals surface area contributed by atoms with E-state index in [0.29, 0.717) is 31.9 Å². The number of thiophene rings is 2. The number of hydrogen-bond donors (Lipinski definition) is 0. The third kappa shape index (κ3) is 6.07. The lowest BCUT2D eigenvalue weighted by Gasteiger charge is -2.21. The van der Waals surface area contributed by atoms with E-state index in [1.165, 1.54) is 0 Å². The molecule has 8 heteroatoms. The molecule has 5 nitrogen and oxygen atoms in total. The summed E-state index contributed by atoms with van der Waals surface area (Å²) < 4.78 is 38.2. The number of nitrogens with zero attached hydrogens (tertiary/aromatic N) is 1. The van der Waals surface area contributed by atoms with Crippen molar-refractivity contribution in [3.05, 3.63) is 69.0 Å². The van der Waals surface area contributed by atoms with Gasteiger partial charge in [-0.05, 0) is 53.6 Å². The van der Waals surface area contributed by atoms with Gasteiger partial charge in [-0.25, -0.2) is 8.42 Å². The number of rotatable bonds is 11. The summed E-state index contributed by atoms with van der Waals surface area (Å²) in [7, 11) is -1.78. The molecule has 3 aromatic rings. The van der Waals surface area contributed by atoms with E-state index in [2.05, 4.69) is 0 Å². The molecule has 0 aliphatic rings. The maximum Gasteiger partial charge on any atom is 0.214 e. The first kappa shape index (κ1) is 20.9. The minimum Gasteiger partial charge on any atom is -0.497 e. The normalized spacial score (nSPS) is 11.6. The zero-order valence-electron chi connectivity index (χ0n) is 15.6. The maximum absolute atomic E-state index is 12.9. The van der Waals surface area contributed by atoms with E-state index in [4.69, 9.17) is 9.47 Å². The molecule has 0 unspecified atom stereocenters. The molecular weight excluding hydrogens is 414 g/mol. The lowest BCUT2D eigenvalue weighted by molar-refractivity contribution is 0.314. The predicted octanol–water partition coefficient (Wildman–Crippen LogP) is 4.62. The lowest BCUT2D eigenvalue weighted by Crippen LogP contribution is -2.32.